The van der Waals surface area contributed by atoms with E-state index in [-0.39, 0.29) is 18.0 Å². The Morgan fingerprint density at radius 3 is 2.52 bits per heavy atom. The smallest absolute Gasteiger partial charge is 0.325 e. The third kappa shape index (κ3) is 4.51. The van der Waals surface area contributed by atoms with Crippen molar-refractivity contribution in [3.8, 4) is 0 Å². The van der Waals surface area contributed by atoms with E-state index in [1.807, 2.05) is 13.8 Å². The monoisotopic (exact) mass is 319 g/mol. The average Bonchev–Trinajstić information content (AvgIpc) is 2.89. The highest BCUT2D eigenvalue weighted by atomic mass is 32.2. The standard InChI is InChI=1S/C12H21N3O5S/c1-3-12(4-2,9-16)8-14-21(19,20)10-5-13-15(6-10)7-11(17)18/h5-6,14,16H,3-4,7-9H2,1-2H3,(H,17,18). The molecule has 21 heavy (non-hydrogen) atoms. The van der Waals surface area contributed by atoms with Gasteiger partial charge in [-0.15, -0.1) is 0 Å². The summed E-state index contributed by atoms with van der Waals surface area (Å²) in [6, 6.07) is 0. The van der Waals surface area contributed by atoms with Gasteiger partial charge in [0.15, 0.2) is 0 Å². The molecule has 0 radical (unpaired) electrons. The van der Waals surface area contributed by atoms with Gasteiger partial charge in [0.2, 0.25) is 10.0 Å². The highest BCUT2D eigenvalue weighted by Gasteiger charge is 2.28. The second-order valence-electron chi connectivity index (χ2n) is 4.96. The molecular formula is C12H21N3O5S. The first-order chi connectivity index (χ1) is 9.78. The van der Waals surface area contributed by atoms with Crippen LogP contribution in [-0.4, -0.2) is 47.5 Å². The lowest BCUT2D eigenvalue weighted by atomic mass is 9.84. The molecule has 1 aromatic heterocycles. The first kappa shape index (κ1) is 17.6. The second-order valence-corrected chi connectivity index (χ2v) is 6.72. The molecule has 8 nitrogen and oxygen atoms in total. The van der Waals surface area contributed by atoms with Crippen molar-refractivity contribution in [1.29, 1.82) is 0 Å². The molecule has 0 aromatic carbocycles. The zero-order valence-corrected chi connectivity index (χ0v) is 12.9. The predicted octanol–water partition coefficient (Wildman–Crippen LogP) is 0.0447. The van der Waals surface area contributed by atoms with Crippen LogP contribution in [0.3, 0.4) is 0 Å². The third-order valence-corrected chi connectivity index (χ3v) is 5.05. The minimum atomic E-state index is -3.78. The van der Waals surface area contributed by atoms with E-state index in [9.17, 15) is 18.3 Å². The van der Waals surface area contributed by atoms with Gasteiger partial charge in [0, 0.05) is 24.8 Å². The molecule has 0 atom stereocenters. The van der Waals surface area contributed by atoms with Crippen LogP contribution in [0.2, 0.25) is 0 Å². The molecule has 1 rings (SSSR count). The molecule has 0 unspecified atom stereocenters. The van der Waals surface area contributed by atoms with Crippen LogP contribution in [0.5, 0.6) is 0 Å². The largest absolute Gasteiger partial charge is 0.480 e. The van der Waals surface area contributed by atoms with Crippen LogP contribution in [-0.2, 0) is 21.4 Å². The molecular weight excluding hydrogens is 298 g/mol. The summed E-state index contributed by atoms with van der Waals surface area (Å²) < 4.78 is 27.7. The lowest BCUT2D eigenvalue weighted by Gasteiger charge is -2.29. The van der Waals surface area contributed by atoms with Crippen molar-refractivity contribution < 1.29 is 23.4 Å². The van der Waals surface area contributed by atoms with E-state index in [4.69, 9.17) is 5.11 Å². The Morgan fingerprint density at radius 1 is 1.43 bits per heavy atom. The number of nitrogens with zero attached hydrogens (tertiary/aromatic N) is 2. The number of carboxylic acid groups (broad SMARTS) is 1. The maximum atomic E-state index is 12.1. The number of carbonyl (C=O) groups is 1. The van der Waals surface area contributed by atoms with Gasteiger partial charge in [-0.25, -0.2) is 13.1 Å². The van der Waals surface area contributed by atoms with E-state index >= 15 is 0 Å². The van der Waals surface area contributed by atoms with Crippen LogP contribution in [0.15, 0.2) is 17.3 Å². The molecule has 1 aromatic rings. The molecule has 3 N–H and O–H groups in total. The van der Waals surface area contributed by atoms with E-state index < -0.39 is 28.0 Å². The summed E-state index contributed by atoms with van der Waals surface area (Å²) in [4.78, 5) is 10.5. The first-order valence-corrected chi connectivity index (χ1v) is 8.11. The van der Waals surface area contributed by atoms with Crippen molar-refractivity contribution in [3.05, 3.63) is 12.4 Å². The van der Waals surface area contributed by atoms with Gasteiger partial charge in [0.1, 0.15) is 11.4 Å². The van der Waals surface area contributed by atoms with E-state index in [2.05, 4.69) is 9.82 Å². The topological polar surface area (TPSA) is 122 Å². The molecule has 120 valence electrons. The minimum Gasteiger partial charge on any atom is -0.480 e. The van der Waals surface area contributed by atoms with Crippen LogP contribution >= 0.6 is 0 Å². The fraction of sp³-hybridized carbons (Fsp3) is 0.667. The second kappa shape index (κ2) is 7.01. The van der Waals surface area contributed by atoms with Gasteiger partial charge >= 0.3 is 5.97 Å². The highest BCUT2D eigenvalue weighted by molar-refractivity contribution is 7.89. The van der Waals surface area contributed by atoms with E-state index in [0.717, 1.165) is 17.1 Å². The van der Waals surface area contributed by atoms with Crippen LogP contribution in [0, 0.1) is 5.41 Å². The van der Waals surface area contributed by atoms with Gasteiger partial charge in [-0.05, 0) is 12.8 Å². The summed E-state index contributed by atoms with van der Waals surface area (Å²) in [5.41, 5.74) is -0.496. The summed E-state index contributed by atoms with van der Waals surface area (Å²) in [6.45, 7) is 3.38. The maximum absolute atomic E-state index is 12.1. The van der Waals surface area contributed by atoms with Gasteiger partial charge in [-0.2, -0.15) is 5.10 Å². The molecule has 0 aliphatic rings. The number of rotatable bonds is 9. The molecule has 0 saturated carbocycles. The zero-order chi connectivity index (χ0) is 16.1. The van der Waals surface area contributed by atoms with E-state index in [1.165, 1.54) is 0 Å². The summed E-state index contributed by atoms with van der Waals surface area (Å²) in [5.74, 6) is -1.11. The molecule has 0 aliphatic carbocycles. The highest BCUT2D eigenvalue weighted by Crippen LogP contribution is 2.25. The predicted molar refractivity (Wildman–Crippen MR) is 75.2 cm³/mol. The van der Waals surface area contributed by atoms with Gasteiger partial charge in [0.05, 0.1) is 6.20 Å². The van der Waals surface area contributed by atoms with E-state index in [0.29, 0.717) is 12.8 Å². The fourth-order valence-corrected chi connectivity index (χ4v) is 2.93. The van der Waals surface area contributed by atoms with Crippen molar-refractivity contribution in [1.82, 2.24) is 14.5 Å². The third-order valence-electron chi connectivity index (χ3n) is 3.69. The summed E-state index contributed by atoms with van der Waals surface area (Å²) in [7, 11) is -3.78. The number of aromatic nitrogens is 2. The summed E-state index contributed by atoms with van der Waals surface area (Å²) >= 11 is 0. The summed E-state index contributed by atoms with van der Waals surface area (Å²) in [5, 5.41) is 21.8. The molecule has 0 spiro atoms. The van der Waals surface area contributed by atoms with Gasteiger partial charge < -0.3 is 10.2 Å². The van der Waals surface area contributed by atoms with Gasteiger partial charge in [-0.1, -0.05) is 13.8 Å². The molecule has 9 heteroatoms. The van der Waals surface area contributed by atoms with Crippen molar-refractivity contribution in [2.45, 2.75) is 38.1 Å². The number of hydrogen-bond donors (Lipinski definition) is 3. The zero-order valence-electron chi connectivity index (χ0n) is 12.1. The van der Waals surface area contributed by atoms with Crippen molar-refractivity contribution in [2.24, 2.45) is 5.41 Å². The number of aliphatic hydroxyl groups excluding tert-OH is 1. The molecule has 0 fully saturated rings. The van der Waals surface area contributed by atoms with Crippen molar-refractivity contribution in [2.75, 3.05) is 13.2 Å². The minimum absolute atomic E-state index is 0.0946. The lowest BCUT2D eigenvalue weighted by molar-refractivity contribution is -0.137. The Balaban J connectivity index is 2.82. The molecule has 0 saturated heterocycles. The number of carboxylic acids is 1. The average molecular weight is 319 g/mol. The molecule has 0 amide bonds. The van der Waals surface area contributed by atoms with Crippen LogP contribution in [0.1, 0.15) is 26.7 Å². The number of sulfonamides is 1. The maximum Gasteiger partial charge on any atom is 0.325 e. The van der Waals surface area contributed by atoms with Crippen molar-refractivity contribution in [3.63, 3.8) is 0 Å². The number of nitrogens with one attached hydrogen (secondary N) is 1. The number of aliphatic hydroxyl groups is 1. The van der Waals surface area contributed by atoms with Crippen molar-refractivity contribution >= 4 is 16.0 Å². The normalized spacial score (nSPS) is 12.5. The molecule has 1 heterocycles. The number of aliphatic carboxylic acids is 1. The van der Waals surface area contributed by atoms with Crippen LogP contribution in [0.4, 0.5) is 0 Å². The van der Waals surface area contributed by atoms with Crippen LogP contribution in [0.25, 0.3) is 0 Å². The first-order valence-electron chi connectivity index (χ1n) is 6.63. The van der Waals surface area contributed by atoms with Crippen LogP contribution < -0.4 is 4.72 Å². The van der Waals surface area contributed by atoms with Gasteiger partial charge in [0.25, 0.3) is 0 Å². The molecule has 0 bridgehead atoms. The Hall–Kier alpha value is -1.45. The lowest BCUT2D eigenvalue weighted by Crippen LogP contribution is -2.39. The summed E-state index contributed by atoms with van der Waals surface area (Å²) in [6.07, 6.45) is 3.54. The Labute approximate surface area is 123 Å². The quantitative estimate of drug-likeness (QED) is 0.591. The van der Waals surface area contributed by atoms with Gasteiger partial charge in [-0.3, -0.25) is 9.48 Å². The van der Waals surface area contributed by atoms with E-state index in [1.54, 1.807) is 0 Å². The number of hydrogen-bond acceptors (Lipinski definition) is 5. The Bertz CT molecular complexity index is 569. The fourth-order valence-electron chi connectivity index (χ4n) is 1.82. The Kier molecular flexibility index (Phi) is 5.87. The molecule has 0 aliphatic heterocycles. The SMILES string of the molecule is CCC(CC)(CO)CNS(=O)(=O)c1cnn(CC(=O)O)c1. The Morgan fingerprint density at radius 2 is 2.05 bits per heavy atom.